The van der Waals surface area contributed by atoms with Crippen LogP contribution in [-0.4, -0.2) is 34.8 Å². The normalized spacial score (nSPS) is 10.6. The van der Waals surface area contributed by atoms with Crippen LogP contribution in [0.4, 0.5) is 37.4 Å². The second-order valence-electron chi connectivity index (χ2n) is 8.52. The van der Waals surface area contributed by atoms with Crippen LogP contribution in [0.3, 0.4) is 0 Å². The molecule has 0 bridgehead atoms. The Morgan fingerprint density at radius 3 is 2.20 bits per heavy atom. The van der Waals surface area contributed by atoms with Gasteiger partial charge >= 0.3 is 18.2 Å². The number of carbonyl (C=O) groups excluding carboxylic acids is 3. The predicted octanol–water partition coefficient (Wildman–Crippen LogP) is 7.74. The van der Waals surface area contributed by atoms with Gasteiger partial charge in [-0.2, -0.15) is 0 Å². The van der Waals surface area contributed by atoms with Crippen molar-refractivity contribution in [1.82, 2.24) is 9.55 Å². The molecule has 0 atom stereocenters. The second-order valence-corrected chi connectivity index (χ2v) is 10.1. The van der Waals surface area contributed by atoms with E-state index in [2.05, 4.69) is 26.3 Å². The summed E-state index contributed by atoms with van der Waals surface area (Å²) in [6.45, 7) is 0. The van der Waals surface area contributed by atoms with Crippen LogP contribution in [0.2, 0.25) is 5.02 Å². The number of halogens is 1. The number of rotatable bonds is 6. The highest BCUT2D eigenvalue weighted by molar-refractivity contribution is 7.99. The Morgan fingerprint density at radius 2 is 1.46 bits per heavy atom. The van der Waals surface area contributed by atoms with Gasteiger partial charge in [0.2, 0.25) is 5.95 Å². The van der Waals surface area contributed by atoms with Crippen molar-refractivity contribution in [3.63, 3.8) is 0 Å². The summed E-state index contributed by atoms with van der Waals surface area (Å²) in [7, 11) is 1.23. The minimum Gasteiger partial charge on any atom is -0.453 e. The number of imidazole rings is 1. The van der Waals surface area contributed by atoms with Gasteiger partial charge in [0.25, 0.3) is 0 Å². The molecule has 1 aromatic heterocycles. The zero-order valence-electron chi connectivity index (χ0n) is 21.6. The van der Waals surface area contributed by atoms with E-state index in [-0.39, 0.29) is 5.95 Å². The Bertz CT molecular complexity index is 1730. The molecule has 4 amide bonds. The van der Waals surface area contributed by atoms with Crippen molar-refractivity contribution in [3.05, 3.63) is 102 Å². The fourth-order valence-corrected chi connectivity index (χ4v) is 4.88. The lowest BCUT2D eigenvalue weighted by Gasteiger charge is -2.10. The number of nitrogens with one attached hydrogen (secondary N) is 4. The Hall–Kier alpha value is -5.00. The molecule has 206 valence electrons. The molecule has 5 rings (SSSR count). The molecule has 0 spiro atoms. The molecule has 0 fully saturated rings. The third-order valence-electron chi connectivity index (χ3n) is 5.72. The molecule has 12 heteroatoms. The fourth-order valence-electron chi connectivity index (χ4n) is 3.85. The topological polar surface area (TPSA) is 126 Å². The van der Waals surface area contributed by atoms with Gasteiger partial charge in [-0.05, 0) is 66.7 Å². The average Bonchev–Trinajstić information content (AvgIpc) is 3.32. The van der Waals surface area contributed by atoms with Crippen LogP contribution in [0, 0.1) is 0 Å². The summed E-state index contributed by atoms with van der Waals surface area (Å²) >= 11 is 7.57. The molecule has 0 aliphatic heterocycles. The van der Waals surface area contributed by atoms with E-state index in [1.807, 2.05) is 30.3 Å². The monoisotopic (exact) mass is 586 g/mol. The largest absolute Gasteiger partial charge is 0.453 e. The molecule has 0 saturated carbocycles. The van der Waals surface area contributed by atoms with Gasteiger partial charge in [-0.1, -0.05) is 53.7 Å². The van der Waals surface area contributed by atoms with Gasteiger partial charge in [-0.15, -0.1) is 0 Å². The van der Waals surface area contributed by atoms with E-state index in [9.17, 15) is 14.4 Å². The summed E-state index contributed by atoms with van der Waals surface area (Å²) in [5, 5.41) is 11.2. The number of benzene rings is 4. The Morgan fingerprint density at radius 1 is 0.780 bits per heavy atom. The third-order valence-corrected chi connectivity index (χ3v) is 7.05. The number of ether oxygens (including phenoxy) is 1. The van der Waals surface area contributed by atoms with Gasteiger partial charge in [0.15, 0.2) is 0 Å². The first-order valence-electron chi connectivity index (χ1n) is 12.2. The summed E-state index contributed by atoms with van der Waals surface area (Å²) in [5.41, 5.74) is 2.71. The zero-order chi connectivity index (χ0) is 28.8. The molecule has 0 aliphatic carbocycles. The molecule has 4 aromatic carbocycles. The second kappa shape index (κ2) is 12.5. The number of aromatic nitrogens is 2. The van der Waals surface area contributed by atoms with Crippen molar-refractivity contribution in [2.45, 2.75) is 9.79 Å². The van der Waals surface area contributed by atoms with E-state index in [1.54, 1.807) is 66.7 Å². The highest BCUT2D eigenvalue weighted by Crippen LogP contribution is 2.32. The SMILES string of the molecule is COC(=O)Nc1nc2cc(Sc3ccc(NC(=O)Nc4ccccc4Cl)cc3)ccc2n1C(=O)Nc1ccccc1. The number of anilines is 4. The Labute approximate surface area is 244 Å². The number of amides is 4. The molecule has 10 nitrogen and oxygen atoms in total. The van der Waals surface area contributed by atoms with E-state index < -0.39 is 18.2 Å². The highest BCUT2D eigenvalue weighted by Gasteiger charge is 2.20. The standard InChI is InChI=1S/C29H23ClN6O4S/c1-40-29(39)35-26-33-24-17-21(15-16-25(24)36(26)28(38)32-18-7-3-2-4-8-18)41-20-13-11-19(12-14-20)31-27(37)34-23-10-6-5-9-22(23)30/h2-17H,1H3,(H,32,38)(H2,31,34,37)(H,33,35,39). The van der Waals surface area contributed by atoms with E-state index in [0.29, 0.717) is 33.1 Å². The van der Waals surface area contributed by atoms with Crippen molar-refractivity contribution in [3.8, 4) is 0 Å². The van der Waals surface area contributed by atoms with Crippen LogP contribution in [0.15, 0.2) is 107 Å². The van der Waals surface area contributed by atoms with Crippen LogP contribution in [0.5, 0.6) is 0 Å². The molecule has 41 heavy (non-hydrogen) atoms. The van der Waals surface area contributed by atoms with Crippen LogP contribution in [0.1, 0.15) is 0 Å². The molecular formula is C29H23ClN6O4S. The lowest BCUT2D eigenvalue weighted by atomic mass is 10.3. The number of hydrogen-bond donors (Lipinski definition) is 4. The molecule has 1 heterocycles. The van der Waals surface area contributed by atoms with Crippen LogP contribution in [0.25, 0.3) is 11.0 Å². The minimum atomic E-state index is -0.752. The number of carbonyl (C=O) groups is 3. The Balaban J connectivity index is 1.31. The maximum Gasteiger partial charge on any atom is 0.413 e. The lowest BCUT2D eigenvalue weighted by Crippen LogP contribution is -2.23. The molecule has 0 aliphatic rings. The lowest BCUT2D eigenvalue weighted by molar-refractivity contribution is 0.186. The van der Waals surface area contributed by atoms with E-state index in [4.69, 9.17) is 16.3 Å². The number of methoxy groups -OCH3 is 1. The first kappa shape index (κ1) is 27.6. The van der Waals surface area contributed by atoms with Gasteiger partial charge in [-0.25, -0.2) is 23.9 Å². The molecule has 4 N–H and O–H groups in total. The number of hydrogen-bond acceptors (Lipinski definition) is 6. The molecule has 0 unspecified atom stereocenters. The van der Waals surface area contributed by atoms with Crippen molar-refractivity contribution >= 4 is 75.6 Å². The van der Waals surface area contributed by atoms with E-state index in [0.717, 1.165) is 9.79 Å². The van der Waals surface area contributed by atoms with E-state index in [1.165, 1.54) is 23.4 Å². The van der Waals surface area contributed by atoms with Crippen molar-refractivity contribution in [2.24, 2.45) is 0 Å². The first-order valence-corrected chi connectivity index (χ1v) is 13.4. The zero-order valence-corrected chi connectivity index (χ0v) is 23.1. The van der Waals surface area contributed by atoms with Gasteiger partial charge in [0, 0.05) is 21.2 Å². The van der Waals surface area contributed by atoms with Gasteiger partial charge < -0.3 is 20.7 Å². The number of para-hydroxylation sites is 2. The summed E-state index contributed by atoms with van der Waals surface area (Å²) in [6, 6.07) is 27.8. The summed E-state index contributed by atoms with van der Waals surface area (Å²) in [4.78, 5) is 43.7. The minimum absolute atomic E-state index is 0.0212. The Kier molecular flexibility index (Phi) is 8.37. The molecule has 5 aromatic rings. The summed E-state index contributed by atoms with van der Waals surface area (Å²) < 4.78 is 5.98. The number of nitrogens with zero attached hydrogens (tertiary/aromatic N) is 2. The van der Waals surface area contributed by atoms with Gasteiger partial charge in [-0.3, -0.25) is 5.32 Å². The highest BCUT2D eigenvalue weighted by atomic mass is 35.5. The smallest absolute Gasteiger partial charge is 0.413 e. The van der Waals surface area contributed by atoms with Crippen molar-refractivity contribution in [2.75, 3.05) is 28.4 Å². The van der Waals surface area contributed by atoms with Crippen LogP contribution >= 0.6 is 23.4 Å². The van der Waals surface area contributed by atoms with Crippen molar-refractivity contribution < 1.29 is 19.1 Å². The average molecular weight is 587 g/mol. The maximum absolute atomic E-state index is 13.2. The van der Waals surface area contributed by atoms with Gasteiger partial charge in [0.05, 0.1) is 28.9 Å². The first-order chi connectivity index (χ1) is 19.9. The number of fused-ring (bicyclic) bond motifs is 1. The molecule has 0 radical (unpaired) electrons. The number of urea groups is 1. The van der Waals surface area contributed by atoms with E-state index >= 15 is 0 Å². The van der Waals surface area contributed by atoms with Crippen LogP contribution in [-0.2, 0) is 4.74 Å². The summed E-state index contributed by atoms with van der Waals surface area (Å²) in [5.74, 6) is 0.0212. The summed E-state index contributed by atoms with van der Waals surface area (Å²) in [6.07, 6.45) is -0.752. The predicted molar refractivity (Wildman–Crippen MR) is 161 cm³/mol. The third kappa shape index (κ3) is 6.78. The molecule has 0 saturated heterocycles. The van der Waals surface area contributed by atoms with Crippen LogP contribution < -0.4 is 21.3 Å². The van der Waals surface area contributed by atoms with Gasteiger partial charge in [0.1, 0.15) is 0 Å². The fraction of sp³-hybridized carbons (Fsp3) is 0.0345. The quantitative estimate of drug-likeness (QED) is 0.161. The van der Waals surface area contributed by atoms with Crippen molar-refractivity contribution in [1.29, 1.82) is 0 Å². The molecular weight excluding hydrogens is 564 g/mol. The maximum atomic E-state index is 13.2.